The molecule has 1 unspecified atom stereocenters. The maximum Gasteiger partial charge on any atom is 0.341 e. The van der Waals surface area contributed by atoms with Gasteiger partial charge in [-0.2, -0.15) is 0 Å². The third-order valence-corrected chi connectivity index (χ3v) is 4.29. The van der Waals surface area contributed by atoms with E-state index in [-0.39, 0.29) is 5.97 Å². The molecule has 2 aromatic rings. The van der Waals surface area contributed by atoms with Gasteiger partial charge in [-0.15, -0.1) is 0 Å². The molecule has 5 heteroatoms. The SMILES string of the molecule is CCN1CCCC1Cc1cn2cccc(C(=O)OC)c2n1. The summed E-state index contributed by atoms with van der Waals surface area (Å²) >= 11 is 0. The van der Waals surface area contributed by atoms with Crippen LogP contribution in [-0.4, -0.2) is 46.5 Å². The molecule has 0 saturated carbocycles. The van der Waals surface area contributed by atoms with Crippen molar-refractivity contribution in [3.8, 4) is 0 Å². The van der Waals surface area contributed by atoms with E-state index in [1.54, 1.807) is 6.07 Å². The highest BCUT2D eigenvalue weighted by Gasteiger charge is 2.24. The van der Waals surface area contributed by atoms with Gasteiger partial charge in [0.15, 0.2) is 5.65 Å². The van der Waals surface area contributed by atoms with Crippen LogP contribution in [0, 0.1) is 0 Å². The molecular formula is C16H21N3O2. The summed E-state index contributed by atoms with van der Waals surface area (Å²) in [5.41, 5.74) is 2.24. The smallest absolute Gasteiger partial charge is 0.341 e. The zero-order valence-corrected chi connectivity index (χ0v) is 12.6. The Bertz CT molecular complexity index is 650. The van der Waals surface area contributed by atoms with Crippen LogP contribution in [0.5, 0.6) is 0 Å². The molecule has 21 heavy (non-hydrogen) atoms. The van der Waals surface area contributed by atoms with E-state index in [2.05, 4.69) is 16.8 Å². The van der Waals surface area contributed by atoms with Gasteiger partial charge in [0.05, 0.1) is 12.8 Å². The summed E-state index contributed by atoms with van der Waals surface area (Å²) in [6.07, 6.45) is 7.37. The molecule has 3 rings (SSSR count). The third kappa shape index (κ3) is 2.65. The molecule has 5 nitrogen and oxygen atoms in total. The second kappa shape index (κ2) is 5.85. The molecule has 1 aliphatic rings. The zero-order chi connectivity index (χ0) is 14.8. The highest BCUT2D eigenvalue weighted by atomic mass is 16.5. The van der Waals surface area contributed by atoms with Crippen LogP contribution < -0.4 is 0 Å². The molecule has 1 fully saturated rings. The lowest BCUT2D eigenvalue weighted by atomic mass is 10.1. The van der Waals surface area contributed by atoms with Gasteiger partial charge in [-0.3, -0.25) is 0 Å². The minimum absolute atomic E-state index is 0.339. The predicted octanol–water partition coefficient (Wildman–Crippen LogP) is 2.15. The van der Waals surface area contributed by atoms with Crippen molar-refractivity contribution in [2.75, 3.05) is 20.2 Å². The van der Waals surface area contributed by atoms with E-state index in [4.69, 9.17) is 4.74 Å². The van der Waals surface area contributed by atoms with Crippen LogP contribution in [0.2, 0.25) is 0 Å². The number of aromatic nitrogens is 2. The number of rotatable bonds is 4. The molecule has 0 bridgehead atoms. The Morgan fingerprint density at radius 1 is 1.52 bits per heavy atom. The summed E-state index contributed by atoms with van der Waals surface area (Å²) in [6, 6.07) is 4.17. The van der Waals surface area contributed by atoms with Crippen molar-refractivity contribution in [2.24, 2.45) is 0 Å². The van der Waals surface area contributed by atoms with Crippen molar-refractivity contribution < 1.29 is 9.53 Å². The van der Waals surface area contributed by atoms with Crippen LogP contribution in [0.4, 0.5) is 0 Å². The van der Waals surface area contributed by atoms with Gasteiger partial charge in [0, 0.05) is 24.9 Å². The number of methoxy groups -OCH3 is 1. The Labute approximate surface area is 124 Å². The molecule has 0 spiro atoms. The van der Waals surface area contributed by atoms with Crippen LogP contribution in [-0.2, 0) is 11.2 Å². The fourth-order valence-electron chi connectivity index (χ4n) is 3.22. The summed E-state index contributed by atoms with van der Waals surface area (Å²) in [4.78, 5) is 19.0. The second-order valence-corrected chi connectivity index (χ2v) is 5.51. The van der Waals surface area contributed by atoms with Gasteiger partial charge in [-0.1, -0.05) is 6.92 Å². The summed E-state index contributed by atoms with van der Waals surface area (Å²) in [6.45, 7) is 4.48. The van der Waals surface area contributed by atoms with E-state index in [0.717, 1.165) is 18.7 Å². The van der Waals surface area contributed by atoms with Crippen LogP contribution in [0.3, 0.4) is 0 Å². The number of imidazole rings is 1. The van der Waals surface area contributed by atoms with Gasteiger partial charge in [0.2, 0.25) is 0 Å². The van der Waals surface area contributed by atoms with Crippen molar-refractivity contribution in [3.63, 3.8) is 0 Å². The minimum atomic E-state index is -0.339. The number of likely N-dealkylation sites (tertiary alicyclic amines) is 1. The van der Waals surface area contributed by atoms with Gasteiger partial charge < -0.3 is 14.0 Å². The van der Waals surface area contributed by atoms with E-state index in [1.807, 2.05) is 22.9 Å². The monoisotopic (exact) mass is 287 g/mol. The highest BCUT2D eigenvalue weighted by Crippen LogP contribution is 2.21. The number of carbonyl (C=O) groups excluding carboxylic acids is 1. The van der Waals surface area contributed by atoms with Crippen molar-refractivity contribution in [2.45, 2.75) is 32.2 Å². The van der Waals surface area contributed by atoms with Gasteiger partial charge in [0.1, 0.15) is 5.56 Å². The first-order valence-electron chi connectivity index (χ1n) is 7.52. The number of esters is 1. The first kappa shape index (κ1) is 14.1. The maximum absolute atomic E-state index is 11.8. The topological polar surface area (TPSA) is 46.8 Å². The number of hydrogen-bond donors (Lipinski definition) is 0. The van der Waals surface area contributed by atoms with Gasteiger partial charge in [-0.25, -0.2) is 9.78 Å². The Morgan fingerprint density at radius 3 is 3.14 bits per heavy atom. The second-order valence-electron chi connectivity index (χ2n) is 5.51. The molecule has 1 aliphatic heterocycles. The molecule has 3 heterocycles. The van der Waals surface area contributed by atoms with Crippen LogP contribution >= 0.6 is 0 Å². The third-order valence-electron chi connectivity index (χ3n) is 4.29. The highest BCUT2D eigenvalue weighted by molar-refractivity contribution is 5.95. The number of nitrogens with zero attached hydrogens (tertiary/aromatic N) is 3. The van der Waals surface area contributed by atoms with E-state index < -0.39 is 0 Å². The lowest BCUT2D eigenvalue weighted by Gasteiger charge is -2.21. The number of pyridine rings is 1. The first-order chi connectivity index (χ1) is 10.2. The summed E-state index contributed by atoms with van der Waals surface area (Å²) in [7, 11) is 1.40. The fraction of sp³-hybridized carbons (Fsp3) is 0.500. The van der Waals surface area contributed by atoms with Crippen LogP contribution in [0.25, 0.3) is 5.65 Å². The van der Waals surface area contributed by atoms with E-state index in [1.165, 1.54) is 26.5 Å². The summed E-state index contributed by atoms with van der Waals surface area (Å²) < 4.78 is 6.73. The van der Waals surface area contributed by atoms with Crippen molar-refractivity contribution in [1.29, 1.82) is 0 Å². The quantitative estimate of drug-likeness (QED) is 0.808. The number of ether oxygens (including phenoxy) is 1. The standard InChI is InChI=1S/C16H21N3O2/c1-3-18-8-4-6-13(18)10-12-11-19-9-5-7-14(15(19)17-12)16(20)21-2/h5,7,9,11,13H,3-4,6,8,10H2,1-2H3. The Kier molecular flexibility index (Phi) is 3.92. The molecule has 1 saturated heterocycles. The molecule has 0 aromatic carbocycles. The Morgan fingerprint density at radius 2 is 2.38 bits per heavy atom. The van der Waals surface area contributed by atoms with Gasteiger partial charge in [0.25, 0.3) is 0 Å². The minimum Gasteiger partial charge on any atom is -0.465 e. The van der Waals surface area contributed by atoms with Crippen LogP contribution in [0.1, 0.15) is 35.8 Å². The normalized spacial score (nSPS) is 19.2. The van der Waals surface area contributed by atoms with E-state index in [9.17, 15) is 4.79 Å². The molecule has 0 aliphatic carbocycles. The van der Waals surface area contributed by atoms with E-state index in [0.29, 0.717) is 17.3 Å². The molecule has 2 aromatic heterocycles. The average molecular weight is 287 g/mol. The molecule has 0 radical (unpaired) electrons. The maximum atomic E-state index is 11.8. The lowest BCUT2D eigenvalue weighted by molar-refractivity contribution is 0.0602. The average Bonchev–Trinajstić information content (AvgIpc) is 3.11. The molecule has 112 valence electrons. The molecule has 0 N–H and O–H groups in total. The lowest BCUT2D eigenvalue weighted by Crippen LogP contribution is -2.30. The Hall–Kier alpha value is -1.88. The fourth-order valence-corrected chi connectivity index (χ4v) is 3.22. The number of hydrogen-bond acceptors (Lipinski definition) is 4. The van der Waals surface area contributed by atoms with E-state index >= 15 is 0 Å². The van der Waals surface area contributed by atoms with Gasteiger partial charge >= 0.3 is 5.97 Å². The van der Waals surface area contributed by atoms with Crippen LogP contribution in [0.15, 0.2) is 24.5 Å². The Balaban J connectivity index is 1.89. The molecular weight excluding hydrogens is 266 g/mol. The van der Waals surface area contributed by atoms with Gasteiger partial charge in [-0.05, 0) is 38.1 Å². The number of carbonyl (C=O) groups is 1. The molecule has 1 atom stereocenters. The van der Waals surface area contributed by atoms with Crippen molar-refractivity contribution >= 4 is 11.6 Å². The van der Waals surface area contributed by atoms with Crippen molar-refractivity contribution in [1.82, 2.24) is 14.3 Å². The number of likely N-dealkylation sites (N-methyl/N-ethyl adjacent to an activating group) is 1. The summed E-state index contributed by atoms with van der Waals surface area (Å²) in [5.74, 6) is -0.339. The molecule has 0 amide bonds. The number of fused-ring (bicyclic) bond motifs is 1. The summed E-state index contributed by atoms with van der Waals surface area (Å²) in [5, 5.41) is 0. The first-order valence-corrected chi connectivity index (χ1v) is 7.52. The van der Waals surface area contributed by atoms with Crippen molar-refractivity contribution in [3.05, 3.63) is 35.8 Å². The largest absolute Gasteiger partial charge is 0.465 e. The zero-order valence-electron chi connectivity index (χ0n) is 12.6. The predicted molar refractivity (Wildman–Crippen MR) is 80.5 cm³/mol.